The third-order valence-corrected chi connectivity index (χ3v) is 2.59. The summed E-state index contributed by atoms with van der Waals surface area (Å²) >= 11 is 0. The highest BCUT2D eigenvalue weighted by Gasteiger charge is 2.16. The van der Waals surface area contributed by atoms with E-state index in [0.717, 1.165) is 23.6 Å². The Balaban J connectivity index is 1.98. The van der Waals surface area contributed by atoms with E-state index in [1.807, 2.05) is 18.2 Å². The van der Waals surface area contributed by atoms with Gasteiger partial charge >= 0.3 is 0 Å². The Morgan fingerprint density at radius 2 is 2.28 bits per heavy atom. The molecule has 0 aromatic heterocycles. The number of hydrogen-bond acceptors (Lipinski definition) is 3. The van der Waals surface area contributed by atoms with E-state index in [0.29, 0.717) is 18.4 Å². The topological polar surface area (TPSA) is 68.9 Å². The van der Waals surface area contributed by atoms with E-state index in [2.05, 4.69) is 24.2 Å². The lowest BCUT2D eigenvalue weighted by molar-refractivity contribution is 0.173. The fourth-order valence-electron chi connectivity index (χ4n) is 1.65. The summed E-state index contributed by atoms with van der Waals surface area (Å²) in [5.41, 5.74) is 6.77. The molecule has 98 valence electrons. The molecule has 0 atom stereocenters. The first-order valence-corrected chi connectivity index (χ1v) is 6.08. The van der Waals surface area contributed by atoms with Crippen molar-refractivity contribution in [3.8, 4) is 11.5 Å². The lowest BCUT2D eigenvalue weighted by Crippen LogP contribution is -2.34. The smallest absolute Gasteiger partial charge is 0.231 e. The second-order valence-corrected chi connectivity index (χ2v) is 4.63. The number of nitrogens with one attached hydrogen (secondary N) is 1. The van der Waals surface area contributed by atoms with E-state index in [4.69, 9.17) is 15.2 Å². The van der Waals surface area contributed by atoms with Crippen LogP contribution in [0.25, 0.3) is 0 Å². The van der Waals surface area contributed by atoms with Gasteiger partial charge in [-0.25, -0.2) is 4.99 Å². The van der Waals surface area contributed by atoms with Crippen LogP contribution in [0.15, 0.2) is 23.2 Å². The first-order chi connectivity index (χ1) is 8.66. The van der Waals surface area contributed by atoms with Gasteiger partial charge in [0.1, 0.15) is 0 Å². The molecule has 0 fully saturated rings. The molecule has 0 bridgehead atoms. The lowest BCUT2D eigenvalue weighted by Gasteiger charge is -2.08. The highest BCUT2D eigenvalue weighted by atomic mass is 16.7. The number of para-hydroxylation sites is 1. The fraction of sp³-hybridized carbons (Fsp3) is 0.462. The number of fused-ring (bicyclic) bond motifs is 1. The third kappa shape index (κ3) is 3.06. The molecule has 0 amide bonds. The van der Waals surface area contributed by atoms with Crippen LogP contribution in [0, 0.1) is 5.92 Å². The number of nitrogens with zero attached hydrogens (tertiary/aromatic N) is 1. The molecular weight excluding hydrogens is 230 g/mol. The lowest BCUT2D eigenvalue weighted by atomic mass is 10.2. The van der Waals surface area contributed by atoms with Gasteiger partial charge in [0.25, 0.3) is 0 Å². The number of rotatable bonds is 4. The molecule has 18 heavy (non-hydrogen) atoms. The maximum absolute atomic E-state index is 5.78. The Labute approximate surface area is 107 Å². The number of nitrogens with two attached hydrogens (primary N) is 1. The summed E-state index contributed by atoms with van der Waals surface area (Å²) in [5.74, 6) is 2.55. The van der Waals surface area contributed by atoms with E-state index in [1.165, 1.54) is 0 Å². The predicted molar refractivity (Wildman–Crippen MR) is 70.7 cm³/mol. The molecule has 0 saturated heterocycles. The summed E-state index contributed by atoms with van der Waals surface area (Å²) in [4.78, 5) is 4.29. The molecule has 2 rings (SSSR count). The molecule has 1 aliphatic rings. The number of aliphatic imine (C=N–C) groups is 1. The largest absolute Gasteiger partial charge is 0.454 e. The number of ether oxygens (including phenoxy) is 2. The Kier molecular flexibility index (Phi) is 3.92. The van der Waals surface area contributed by atoms with Crippen molar-refractivity contribution in [3.63, 3.8) is 0 Å². The second kappa shape index (κ2) is 5.62. The van der Waals surface area contributed by atoms with Gasteiger partial charge in [-0.15, -0.1) is 0 Å². The van der Waals surface area contributed by atoms with Crippen LogP contribution in [0.2, 0.25) is 0 Å². The van der Waals surface area contributed by atoms with Gasteiger partial charge in [-0.05, 0) is 12.0 Å². The van der Waals surface area contributed by atoms with Crippen molar-refractivity contribution in [2.45, 2.75) is 20.4 Å². The maximum Gasteiger partial charge on any atom is 0.231 e. The van der Waals surface area contributed by atoms with Crippen LogP contribution in [0.4, 0.5) is 0 Å². The van der Waals surface area contributed by atoms with Crippen molar-refractivity contribution in [2.24, 2.45) is 16.6 Å². The summed E-state index contributed by atoms with van der Waals surface area (Å²) in [7, 11) is 0. The molecular formula is C13H19N3O2. The quantitative estimate of drug-likeness (QED) is 0.626. The molecule has 1 aromatic rings. The van der Waals surface area contributed by atoms with Crippen molar-refractivity contribution in [2.75, 3.05) is 13.3 Å². The van der Waals surface area contributed by atoms with Gasteiger partial charge < -0.3 is 20.5 Å². The molecule has 0 spiro atoms. The standard InChI is InChI=1S/C13H19N3O2/c1-9(2)6-15-13(14)16-7-10-4-3-5-11-12(10)18-8-17-11/h3-5,9H,6-8H2,1-2H3,(H3,14,15,16). The number of hydrogen-bond donors (Lipinski definition) is 2. The molecule has 5 nitrogen and oxygen atoms in total. The second-order valence-electron chi connectivity index (χ2n) is 4.63. The zero-order valence-electron chi connectivity index (χ0n) is 10.8. The maximum atomic E-state index is 5.78. The molecule has 0 saturated carbocycles. The molecule has 1 aliphatic heterocycles. The van der Waals surface area contributed by atoms with E-state index in [1.54, 1.807) is 0 Å². The average molecular weight is 249 g/mol. The van der Waals surface area contributed by atoms with E-state index < -0.39 is 0 Å². The number of benzene rings is 1. The van der Waals surface area contributed by atoms with Crippen molar-refractivity contribution >= 4 is 5.96 Å². The Hall–Kier alpha value is -1.91. The van der Waals surface area contributed by atoms with E-state index >= 15 is 0 Å². The first kappa shape index (κ1) is 12.5. The van der Waals surface area contributed by atoms with Gasteiger partial charge in [-0.1, -0.05) is 26.0 Å². The summed E-state index contributed by atoms with van der Waals surface area (Å²) in [6, 6.07) is 5.78. The van der Waals surface area contributed by atoms with Gasteiger partial charge in [0.2, 0.25) is 6.79 Å². The van der Waals surface area contributed by atoms with Crippen molar-refractivity contribution < 1.29 is 9.47 Å². The first-order valence-electron chi connectivity index (χ1n) is 6.08. The Morgan fingerprint density at radius 1 is 1.44 bits per heavy atom. The minimum Gasteiger partial charge on any atom is -0.454 e. The van der Waals surface area contributed by atoms with Gasteiger partial charge in [-0.2, -0.15) is 0 Å². The third-order valence-electron chi connectivity index (χ3n) is 2.59. The molecule has 0 unspecified atom stereocenters. The van der Waals surface area contributed by atoms with Crippen LogP contribution in [0.1, 0.15) is 19.4 Å². The van der Waals surface area contributed by atoms with Crippen molar-refractivity contribution in [1.29, 1.82) is 0 Å². The van der Waals surface area contributed by atoms with Crippen molar-refractivity contribution in [3.05, 3.63) is 23.8 Å². The molecule has 5 heteroatoms. The van der Waals surface area contributed by atoms with Crippen LogP contribution < -0.4 is 20.5 Å². The van der Waals surface area contributed by atoms with Gasteiger partial charge in [0.15, 0.2) is 17.5 Å². The molecule has 1 aromatic carbocycles. The van der Waals surface area contributed by atoms with Gasteiger partial charge in [0, 0.05) is 12.1 Å². The summed E-state index contributed by atoms with van der Waals surface area (Å²) in [6.07, 6.45) is 0. The predicted octanol–water partition coefficient (Wildman–Crippen LogP) is 1.48. The van der Waals surface area contributed by atoms with E-state index in [9.17, 15) is 0 Å². The summed E-state index contributed by atoms with van der Waals surface area (Å²) in [5, 5.41) is 3.08. The summed E-state index contributed by atoms with van der Waals surface area (Å²) in [6.45, 7) is 5.83. The van der Waals surface area contributed by atoms with Crippen LogP contribution in [-0.2, 0) is 6.54 Å². The van der Waals surface area contributed by atoms with Crippen LogP contribution in [0.5, 0.6) is 11.5 Å². The minimum atomic E-state index is 0.275. The molecule has 3 N–H and O–H groups in total. The van der Waals surface area contributed by atoms with Crippen molar-refractivity contribution in [1.82, 2.24) is 5.32 Å². The SMILES string of the molecule is CC(C)CNC(N)=NCc1cccc2c1OCO2. The van der Waals surface area contributed by atoms with E-state index in [-0.39, 0.29) is 6.79 Å². The Morgan fingerprint density at radius 3 is 3.06 bits per heavy atom. The monoisotopic (exact) mass is 249 g/mol. The normalized spacial score (nSPS) is 14.1. The van der Waals surface area contributed by atoms with Gasteiger partial charge in [-0.3, -0.25) is 0 Å². The number of guanidine groups is 1. The Bertz CT molecular complexity index is 444. The zero-order valence-corrected chi connectivity index (χ0v) is 10.8. The molecule has 0 radical (unpaired) electrons. The van der Waals surface area contributed by atoms with Crippen LogP contribution in [-0.4, -0.2) is 19.3 Å². The molecule has 1 heterocycles. The summed E-state index contributed by atoms with van der Waals surface area (Å²) < 4.78 is 10.7. The highest BCUT2D eigenvalue weighted by molar-refractivity contribution is 5.77. The molecule has 0 aliphatic carbocycles. The van der Waals surface area contributed by atoms with Gasteiger partial charge in [0.05, 0.1) is 6.54 Å². The van der Waals surface area contributed by atoms with Crippen LogP contribution >= 0.6 is 0 Å². The highest BCUT2D eigenvalue weighted by Crippen LogP contribution is 2.35. The zero-order chi connectivity index (χ0) is 13.0. The van der Waals surface area contributed by atoms with Crippen LogP contribution in [0.3, 0.4) is 0 Å². The minimum absolute atomic E-state index is 0.275. The fourth-order valence-corrected chi connectivity index (χ4v) is 1.65. The average Bonchev–Trinajstić information content (AvgIpc) is 2.82.